The smallest absolute Gasteiger partial charge is 0.329 e. The average molecular weight is 318 g/mol. The number of hydrogen-bond donors (Lipinski definition) is 1. The molecule has 0 aliphatic carbocycles. The van der Waals surface area contributed by atoms with Crippen molar-refractivity contribution in [1.29, 1.82) is 0 Å². The monoisotopic (exact) mass is 318 g/mol. The first-order chi connectivity index (χ1) is 10.8. The van der Waals surface area contributed by atoms with Crippen LogP contribution in [0.25, 0.3) is 0 Å². The van der Waals surface area contributed by atoms with Crippen molar-refractivity contribution in [3.05, 3.63) is 35.9 Å². The van der Waals surface area contributed by atoms with Crippen molar-refractivity contribution in [2.45, 2.75) is 52.3 Å². The zero-order valence-corrected chi connectivity index (χ0v) is 14.1. The van der Waals surface area contributed by atoms with E-state index in [1.54, 1.807) is 4.90 Å². The van der Waals surface area contributed by atoms with Crippen LogP contribution in [0.1, 0.15) is 39.2 Å². The Morgan fingerprint density at radius 2 is 1.96 bits per heavy atom. The molecule has 2 unspecified atom stereocenters. The molecular weight excluding hydrogens is 292 g/mol. The van der Waals surface area contributed by atoms with Crippen LogP contribution < -0.4 is 5.73 Å². The number of benzene rings is 1. The van der Waals surface area contributed by atoms with E-state index in [-0.39, 0.29) is 23.9 Å². The number of carbonyl (C=O) groups is 2. The minimum Gasteiger partial charge on any atom is -0.459 e. The number of carbonyl (C=O) groups excluding carboxylic acids is 2. The molecule has 0 radical (unpaired) electrons. The molecule has 1 fully saturated rings. The van der Waals surface area contributed by atoms with E-state index in [1.165, 1.54) is 0 Å². The van der Waals surface area contributed by atoms with Gasteiger partial charge < -0.3 is 15.4 Å². The second-order valence-corrected chi connectivity index (χ2v) is 7.13. The molecule has 5 nitrogen and oxygen atoms in total. The van der Waals surface area contributed by atoms with Crippen molar-refractivity contribution in [2.75, 3.05) is 6.54 Å². The van der Waals surface area contributed by atoms with Crippen LogP contribution in [0.4, 0.5) is 0 Å². The Morgan fingerprint density at radius 1 is 1.30 bits per heavy atom. The number of esters is 1. The molecule has 126 valence electrons. The van der Waals surface area contributed by atoms with E-state index in [0.717, 1.165) is 12.0 Å². The number of hydrogen-bond acceptors (Lipinski definition) is 4. The summed E-state index contributed by atoms with van der Waals surface area (Å²) < 4.78 is 5.38. The highest BCUT2D eigenvalue weighted by molar-refractivity contribution is 5.88. The van der Waals surface area contributed by atoms with E-state index in [4.69, 9.17) is 10.5 Å². The lowest BCUT2D eigenvalue weighted by molar-refractivity contribution is -0.155. The molecular formula is C18H26N2O3. The van der Waals surface area contributed by atoms with Crippen LogP contribution in [0.5, 0.6) is 0 Å². The maximum absolute atomic E-state index is 12.6. The Bertz CT molecular complexity index is 551. The molecule has 1 aliphatic heterocycles. The van der Waals surface area contributed by atoms with Gasteiger partial charge in [-0.2, -0.15) is 0 Å². The molecule has 1 aromatic rings. The fraction of sp³-hybridized carbons (Fsp3) is 0.556. The van der Waals surface area contributed by atoms with Crippen LogP contribution in [-0.2, 0) is 20.9 Å². The van der Waals surface area contributed by atoms with Crippen LogP contribution in [-0.4, -0.2) is 35.4 Å². The standard InChI is InChI=1S/C18H26N2O3/c1-18(2,3)15(19)16(21)20-11-7-10-14(20)17(22)23-12-13-8-5-4-6-9-13/h4-6,8-9,14-15H,7,10-12,19H2,1-3H3. The van der Waals surface area contributed by atoms with Crippen LogP contribution in [0.2, 0.25) is 0 Å². The van der Waals surface area contributed by atoms with E-state index in [0.29, 0.717) is 13.0 Å². The number of nitrogens with two attached hydrogens (primary N) is 1. The predicted octanol–water partition coefficient (Wildman–Crippen LogP) is 2.09. The van der Waals surface area contributed by atoms with Gasteiger partial charge >= 0.3 is 5.97 Å². The Balaban J connectivity index is 1.98. The Kier molecular flexibility index (Phi) is 5.42. The molecule has 2 atom stereocenters. The van der Waals surface area contributed by atoms with Crippen molar-refractivity contribution >= 4 is 11.9 Å². The summed E-state index contributed by atoms with van der Waals surface area (Å²) in [5, 5.41) is 0. The van der Waals surface area contributed by atoms with E-state index >= 15 is 0 Å². The molecule has 0 aromatic heterocycles. The minimum atomic E-state index is -0.620. The molecule has 0 spiro atoms. The summed E-state index contributed by atoms with van der Waals surface area (Å²) >= 11 is 0. The van der Waals surface area contributed by atoms with Crippen molar-refractivity contribution in [3.8, 4) is 0 Å². The molecule has 1 aromatic carbocycles. The lowest BCUT2D eigenvalue weighted by Gasteiger charge is -2.32. The van der Waals surface area contributed by atoms with E-state index in [1.807, 2.05) is 51.1 Å². The number of amides is 1. The minimum absolute atomic E-state index is 0.170. The van der Waals surface area contributed by atoms with Gasteiger partial charge in [0.1, 0.15) is 12.6 Å². The van der Waals surface area contributed by atoms with Crippen molar-refractivity contribution in [2.24, 2.45) is 11.1 Å². The third-order valence-corrected chi connectivity index (χ3v) is 4.23. The van der Waals surface area contributed by atoms with Gasteiger partial charge in [-0.1, -0.05) is 51.1 Å². The van der Waals surface area contributed by atoms with E-state index < -0.39 is 12.1 Å². The fourth-order valence-electron chi connectivity index (χ4n) is 2.65. The van der Waals surface area contributed by atoms with E-state index in [2.05, 4.69) is 0 Å². The van der Waals surface area contributed by atoms with Gasteiger partial charge in [0.2, 0.25) is 5.91 Å². The Morgan fingerprint density at radius 3 is 2.57 bits per heavy atom. The summed E-state index contributed by atoms with van der Waals surface area (Å²) in [6.07, 6.45) is 1.43. The Hall–Kier alpha value is -1.88. The molecule has 1 aliphatic rings. The van der Waals surface area contributed by atoms with Crippen LogP contribution in [0.15, 0.2) is 30.3 Å². The number of likely N-dealkylation sites (tertiary alicyclic amines) is 1. The summed E-state index contributed by atoms with van der Waals surface area (Å²) in [5.41, 5.74) is 6.66. The number of ether oxygens (including phenoxy) is 1. The topological polar surface area (TPSA) is 72.6 Å². The first kappa shape index (κ1) is 17.5. The van der Waals surface area contributed by atoms with Gasteiger partial charge in [-0.15, -0.1) is 0 Å². The quantitative estimate of drug-likeness (QED) is 0.863. The third-order valence-electron chi connectivity index (χ3n) is 4.23. The summed E-state index contributed by atoms with van der Waals surface area (Å²) in [6, 6.07) is 8.38. The molecule has 1 saturated heterocycles. The van der Waals surface area contributed by atoms with Gasteiger partial charge in [0.05, 0.1) is 6.04 Å². The van der Waals surface area contributed by atoms with Crippen molar-refractivity contribution in [3.63, 3.8) is 0 Å². The highest BCUT2D eigenvalue weighted by Gasteiger charge is 2.40. The number of rotatable bonds is 4. The van der Waals surface area contributed by atoms with Crippen LogP contribution in [0, 0.1) is 5.41 Å². The molecule has 0 saturated carbocycles. The number of nitrogens with zero attached hydrogens (tertiary/aromatic N) is 1. The summed E-state index contributed by atoms with van der Waals surface area (Å²) in [6.45, 7) is 6.56. The predicted molar refractivity (Wildman–Crippen MR) is 88.4 cm³/mol. The summed E-state index contributed by atoms with van der Waals surface area (Å²) in [4.78, 5) is 26.5. The second-order valence-electron chi connectivity index (χ2n) is 7.13. The van der Waals surface area contributed by atoms with Gasteiger partial charge in [-0.05, 0) is 23.8 Å². The van der Waals surface area contributed by atoms with Gasteiger partial charge in [-0.3, -0.25) is 4.79 Å². The first-order valence-corrected chi connectivity index (χ1v) is 8.07. The highest BCUT2D eigenvalue weighted by atomic mass is 16.5. The molecule has 1 heterocycles. The zero-order valence-electron chi connectivity index (χ0n) is 14.1. The summed E-state index contributed by atoms with van der Waals surface area (Å²) in [7, 11) is 0. The normalized spacial score (nSPS) is 19.5. The highest BCUT2D eigenvalue weighted by Crippen LogP contribution is 2.25. The van der Waals surface area contributed by atoms with Crippen molar-refractivity contribution in [1.82, 2.24) is 4.90 Å². The van der Waals surface area contributed by atoms with E-state index in [9.17, 15) is 9.59 Å². The van der Waals surface area contributed by atoms with Gasteiger partial charge in [-0.25, -0.2) is 4.79 Å². The third kappa shape index (κ3) is 4.32. The second kappa shape index (κ2) is 7.13. The molecule has 2 N–H and O–H groups in total. The maximum Gasteiger partial charge on any atom is 0.329 e. The van der Waals surface area contributed by atoms with Crippen LogP contribution in [0.3, 0.4) is 0 Å². The van der Waals surface area contributed by atoms with Gasteiger partial charge in [0, 0.05) is 6.54 Å². The lowest BCUT2D eigenvalue weighted by Crippen LogP contribution is -2.53. The maximum atomic E-state index is 12.6. The molecule has 23 heavy (non-hydrogen) atoms. The first-order valence-electron chi connectivity index (χ1n) is 8.07. The zero-order chi connectivity index (χ0) is 17.0. The SMILES string of the molecule is CC(C)(C)C(N)C(=O)N1CCCC1C(=O)OCc1ccccc1. The molecule has 5 heteroatoms. The fourth-order valence-corrected chi connectivity index (χ4v) is 2.65. The van der Waals surface area contributed by atoms with Crippen LogP contribution >= 0.6 is 0 Å². The molecule has 0 bridgehead atoms. The lowest BCUT2D eigenvalue weighted by atomic mass is 9.86. The molecule has 1 amide bonds. The average Bonchev–Trinajstić information content (AvgIpc) is 3.01. The van der Waals surface area contributed by atoms with Gasteiger partial charge in [0.25, 0.3) is 0 Å². The largest absolute Gasteiger partial charge is 0.459 e. The van der Waals surface area contributed by atoms with Gasteiger partial charge in [0.15, 0.2) is 0 Å². The Labute approximate surface area is 137 Å². The molecule has 2 rings (SSSR count). The summed E-state index contributed by atoms with van der Waals surface area (Å²) in [5.74, 6) is -0.516. The van der Waals surface area contributed by atoms with Crippen molar-refractivity contribution < 1.29 is 14.3 Å².